The topological polar surface area (TPSA) is 61.8 Å². The van der Waals surface area contributed by atoms with Crippen LogP contribution in [-0.2, 0) is 9.59 Å². The van der Waals surface area contributed by atoms with Crippen molar-refractivity contribution in [3.63, 3.8) is 0 Å². The Morgan fingerprint density at radius 1 is 1.28 bits per heavy atom. The largest absolute Gasteiger partial charge is 0.312 e. The summed E-state index contributed by atoms with van der Waals surface area (Å²) in [6, 6.07) is 15.3. The highest BCUT2D eigenvalue weighted by Crippen LogP contribution is 2.25. The van der Waals surface area contributed by atoms with Crippen LogP contribution in [-0.4, -0.2) is 24.6 Å². The fraction of sp³-hybridized carbons (Fsp3) is 0.211. The normalized spacial score (nSPS) is 17.3. The number of carbonyl (C=O) groups is 2. The first-order chi connectivity index (χ1) is 12.0. The number of rotatable bonds is 4. The summed E-state index contributed by atoms with van der Waals surface area (Å²) in [5.41, 5.74) is 5.36. The van der Waals surface area contributed by atoms with E-state index >= 15 is 0 Å². The molecule has 1 N–H and O–H groups in total. The van der Waals surface area contributed by atoms with E-state index in [-0.39, 0.29) is 18.2 Å². The van der Waals surface area contributed by atoms with Crippen molar-refractivity contribution in [1.29, 1.82) is 0 Å². The first-order valence-corrected chi connectivity index (χ1v) is 8.78. The molecule has 25 heavy (non-hydrogen) atoms. The molecule has 5 nitrogen and oxygen atoms in total. The third-order valence-electron chi connectivity index (χ3n) is 4.08. The maximum Gasteiger partial charge on any atom is 0.245 e. The molecule has 0 radical (unpaired) electrons. The Morgan fingerprint density at radius 3 is 2.76 bits per heavy atom. The number of aryl methyl sites for hydroxylation is 1. The van der Waals surface area contributed by atoms with Crippen LogP contribution < -0.4 is 10.3 Å². The Morgan fingerprint density at radius 2 is 2.04 bits per heavy atom. The highest BCUT2D eigenvalue weighted by Gasteiger charge is 2.35. The Bertz CT molecular complexity index is 818. The Hall–Kier alpha value is -2.47. The lowest BCUT2D eigenvalue weighted by Crippen LogP contribution is -2.30. The number of amides is 2. The van der Waals surface area contributed by atoms with Gasteiger partial charge in [-0.1, -0.05) is 45.8 Å². The highest BCUT2D eigenvalue weighted by molar-refractivity contribution is 9.10. The molecule has 2 aromatic carbocycles. The van der Waals surface area contributed by atoms with E-state index in [9.17, 15) is 9.59 Å². The number of nitrogens with zero attached hydrogens (tertiary/aromatic N) is 2. The minimum atomic E-state index is -0.395. The molecule has 1 fully saturated rings. The monoisotopic (exact) mass is 399 g/mol. The summed E-state index contributed by atoms with van der Waals surface area (Å²) in [7, 11) is 0. The number of halogens is 1. The second-order valence-electron chi connectivity index (χ2n) is 6.03. The van der Waals surface area contributed by atoms with E-state index in [2.05, 4.69) is 26.5 Å². The highest BCUT2D eigenvalue weighted by atomic mass is 79.9. The standard InChI is InChI=1S/C19H18BrN3O2/c1-13-5-7-17(8-6-13)23-12-15(10-18(23)24)19(25)22-21-11-14-3-2-4-16(20)9-14/h2-9,11,15H,10,12H2,1H3,(H,22,25)/t15-/m1/s1. The molecule has 0 saturated carbocycles. The van der Waals surface area contributed by atoms with Crippen LogP contribution in [0, 0.1) is 12.8 Å². The zero-order valence-electron chi connectivity index (χ0n) is 13.8. The second-order valence-corrected chi connectivity index (χ2v) is 6.95. The number of nitrogens with one attached hydrogen (secondary N) is 1. The van der Waals surface area contributed by atoms with E-state index in [1.54, 1.807) is 11.1 Å². The SMILES string of the molecule is Cc1ccc(N2C[C@H](C(=O)NN=Cc3cccc(Br)c3)CC2=O)cc1. The summed E-state index contributed by atoms with van der Waals surface area (Å²) in [4.78, 5) is 26.1. The van der Waals surface area contributed by atoms with Crippen LogP contribution in [0.4, 0.5) is 5.69 Å². The van der Waals surface area contributed by atoms with Crippen molar-refractivity contribution in [2.75, 3.05) is 11.4 Å². The van der Waals surface area contributed by atoms with Gasteiger partial charge >= 0.3 is 0 Å². The van der Waals surface area contributed by atoms with Crippen molar-refractivity contribution in [2.45, 2.75) is 13.3 Å². The maximum atomic E-state index is 12.3. The van der Waals surface area contributed by atoms with Crippen molar-refractivity contribution in [2.24, 2.45) is 11.0 Å². The third kappa shape index (κ3) is 4.33. The average molecular weight is 400 g/mol. The number of hydrazone groups is 1. The fourth-order valence-electron chi connectivity index (χ4n) is 2.71. The second kappa shape index (κ2) is 7.61. The number of hydrogen-bond donors (Lipinski definition) is 1. The minimum Gasteiger partial charge on any atom is -0.312 e. The van der Waals surface area contributed by atoms with Gasteiger partial charge < -0.3 is 4.90 Å². The molecular formula is C19H18BrN3O2. The maximum absolute atomic E-state index is 12.3. The first-order valence-electron chi connectivity index (χ1n) is 7.98. The van der Waals surface area contributed by atoms with Gasteiger partial charge in [0.05, 0.1) is 12.1 Å². The van der Waals surface area contributed by atoms with Crippen LogP contribution >= 0.6 is 15.9 Å². The first kappa shape index (κ1) is 17.4. The molecule has 3 rings (SSSR count). The summed E-state index contributed by atoms with van der Waals surface area (Å²) in [5, 5.41) is 3.99. The van der Waals surface area contributed by atoms with Gasteiger partial charge in [0.1, 0.15) is 0 Å². The smallest absolute Gasteiger partial charge is 0.245 e. The molecule has 1 atom stereocenters. The zero-order valence-corrected chi connectivity index (χ0v) is 15.4. The molecule has 1 aliphatic rings. The van der Waals surface area contributed by atoms with Crippen LogP contribution in [0.25, 0.3) is 0 Å². The van der Waals surface area contributed by atoms with Gasteiger partial charge in [0.15, 0.2) is 0 Å². The molecule has 1 heterocycles. The molecule has 1 aliphatic heterocycles. The molecule has 1 saturated heterocycles. The van der Waals surface area contributed by atoms with Crippen molar-refractivity contribution < 1.29 is 9.59 Å². The zero-order chi connectivity index (χ0) is 17.8. The number of carbonyl (C=O) groups excluding carboxylic acids is 2. The van der Waals surface area contributed by atoms with Crippen molar-refractivity contribution in [3.05, 3.63) is 64.1 Å². The van der Waals surface area contributed by atoms with Gasteiger partial charge in [-0.2, -0.15) is 5.10 Å². The number of anilines is 1. The van der Waals surface area contributed by atoms with Crippen LogP contribution in [0.2, 0.25) is 0 Å². The molecular weight excluding hydrogens is 382 g/mol. The predicted molar refractivity (Wildman–Crippen MR) is 102 cm³/mol. The summed E-state index contributed by atoms with van der Waals surface area (Å²) in [5.74, 6) is -0.678. The van der Waals surface area contributed by atoms with Crippen molar-refractivity contribution >= 4 is 39.6 Å². The van der Waals surface area contributed by atoms with Gasteiger partial charge in [0, 0.05) is 23.1 Å². The van der Waals surface area contributed by atoms with E-state index in [0.717, 1.165) is 21.3 Å². The van der Waals surface area contributed by atoms with Crippen molar-refractivity contribution in [1.82, 2.24) is 5.43 Å². The summed E-state index contributed by atoms with van der Waals surface area (Å²) >= 11 is 3.38. The Labute approximate surface area is 154 Å². The molecule has 0 spiro atoms. The quantitative estimate of drug-likeness (QED) is 0.633. The lowest BCUT2D eigenvalue weighted by molar-refractivity contribution is -0.126. The third-order valence-corrected chi connectivity index (χ3v) is 4.57. The predicted octanol–water partition coefficient (Wildman–Crippen LogP) is 3.26. The minimum absolute atomic E-state index is 0.0417. The molecule has 0 unspecified atom stereocenters. The van der Waals surface area contributed by atoms with Crippen molar-refractivity contribution in [3.8, 4) is 0 Å². The van der Waals surface area contributed by atoms with Crippen LogP contribution in [0.5, 0.6) is 0 Å². The van der Waals surface area contributed by atoms with Gasteiger partial charge in [-0.05, 0) is 36.8 Å². The fourth-order valence-corrected chi connectivity index (χ4v) is 3.12. The lowest BCUT2D eigenvalue weighted by atomic mass is 10.1. The van der Waals surface area contributed by atoms with Gasteiger partial charge in [0.2, 0.25) is 11.8 Å². The molecule has 6 heteroatoms. The Balaban J connectivity index is 1.60. The van der Waals surface area contributed by atoms with E-state index in [0.29, 0.717) is 6.54 Å². The Kier molecular flexibility index (Phi) is 5.28. The van der Waals surface area contributed by atoms with Gasteiger partial charge in [-0.3, -0.25) is 9.59 Å². The number of hydrogen-bond acceptors (Lipinski definition) is 3. The molecule has 128 valence electrons. The molecule has 0 aromatic heterocycles. The molecule has 0 bridgehead atoms. The number of benzene rings is 2. The molecule has 0 aliphatic carbocycles. The van der Waals surface area contributed by atoms with Gasteiger partial charge in [0.25, 0.3) is 0 Å². The van der Waals surface area contributed by atoms with Crippen LogP contribution in [0.3, 0.4) is 0 Å². The van der Waals surface area contributed by atoms with Gasteiger partial charge in [-0.25, -0.2) is 5.43 Å². The van der Waals surface area contributed by atoms with Crippen LogP contribution in [0.15, 0.2) is 58.1 Å². The lowest BCUT2D eigenvalue weighted by Gasteiger charge is -2.16. The van der Waals surface area contributed by atoms with Crippen LogP contribution in [0.1, 0.15) is 17.5 Å². The average Bonchev–Trinajstić information content (AvgIpc) is 2.97. The van der Waals surface area contributed by atoms with Gasteiger partial charge in [-0.15, -0.1) is 0 Å². The van der Waals surface area contributed by atoms with E-state index in [1.165, 1.54) is 0 Å². The summed E-state index contributed by atoms with van der Waals surface area (Å²) < 4.78 is 0.943. The van der Waals surface area contributed by atoms with E-state index in [4.69, 9.17) is 0 Å². The van der Waals surface area contributed by atoms with E-state index < -0.39 is 5.92 Å². The summed E-state index contributed by atoms with van der Waals surface area (Å²) in [6.45, 7) is 2.37. The van der Waals surface area contributed by atoms with E-state index in [1.807, 2.05) is 55.5 Å². The molecule has 2 amide bonds. The molecule has 2 aromatic rings. The summed E-state index contributed by atoms with van der Waals surface area (Å²) in [6.07, 6.45) is 1.78.